The molecule has 0 bridgehead atoms. The van der Waals surface area contributed by atoms with E-state index in [9.17, 15) is 17.2 Å². The van der Waals surface area contributed by atoms with E-state index in [2.05, 4.69) is 15.4 Å². The summed E-state index contributed by atoms with van der Waals surface area (Å²) >= 11 is 0. The lowest BCUT2D eigenvalue weighted by molar-refractivity contribution is 0.318. The van der Waals surface area contributed by atoms with Crippen molar-refractivity contribution in [2.24, 2.45) is 10.9 Å². The lowest BCUT2D eigenvalue weighted by Crippen LogP contribution is -2.19. The van der Waals surface area contributed by atoms with E-state index in [1.165, 1.54) is 0 Å². The van der Waals surface area contributed by atoms with Gasteiger partial charge in [-0.3, -0.25) is 9.82 Å². The van der Waals surface area contributed by atoms with E-state index < -0.39 is 26.6 Å². The van der Waals surface area contributed by atoms with Gasteiger partial charge in [0.2, 0.25) is 0 Å². The number of aromatic nitrogens is 2. The Balaban J connectivity index is 2.38. The highest BCUT2D eigenvalue weighted by Crippen LogP contribution is 2.19. The van der Waals surface area contributed by atoms with Crippen molar-refractivity contribution in [1.29, 1.82) is 0 Å². The first-order valence-electron chi connectivity index (χ1n) is 5.34. The fourth-order valence-electron chi connectivity index (χ4n) is 1.45. The summed E-state index contributed by atoms with van der Waals surface area (Å²) in [5, 5.41) is 17.1. The Bertz CT molecular complexity index is 803. The van der Waals surface area contributed by atoms with Crippen molar-refractivity contribution in [3.05, 3.63) is 41.6 Å². The molecule has 112 valence electrons. The molecule has 0 aliphatic heterocycles. The molecule has 0 atom stereocenters. The third kappa shape index (κ3) is 2.91. The lowest BCUT2D eigenvalue weighted by atomic mass is 10.3. The normalized spacial score (nSPS) is 12.4. The first kappa shape index (κ1) is 14.7. The molecule has 0 saturated heterocycles. The van der Waals surface area contributed by atoms with Gasteiger partial charge in [0.25, 0.3) is 10.0 Å². The molecule has 0 spiro atoms. The molecule has 0 radical (unpaired) electrons. The highest BCUT2D eigenvalue weighted by Gasteiger charge is 2.20. The summed E-state index contributed by atoms with van der Waals surface area (Å²) in [4.78, 5) is -0.499. The number of anilines is 1. The van der Waals surface area contributed by atoms with Gasteiger partial charge in [-0.2, -0.15) is 5.10 Å². The van der Waals surface area contributed by atoms with Crippen LogP contribution < -0.4 is 10.5 Å². The quantitative estimate of drug-likeness (QED) is 0.283. The minimum Gasteiger partial charge on any atom is -0.409 e. The van der Waals surface area contributed by atoms with Crippen LogP contribution in [0.5, 0.6) is 0 Å². The third-order valence-electron chi connectivity index (χ3n) is 2.46. The zero-order chi connectivity index (χ0) is 15.6. The Morgan fingerprint density at radius 1 is 1.38 bits per heavy atom. The van der Waals surface area contributed by atoms with Crippen molar-refractivity contribution >= 4 is 21.7 Å². The first-order chi connectivity index (χ1) is 9.85. The van der Waals surface area contributed by atoms with Crippen molar-refractivity contribution in [1.82, 2.24) is 10.2 Å². The number of aromatic amines is 1. The second kappa shape index (κ2) is 5.36. The van der Waals surface area contributed by atoms with Crippen molar-refractivity contribution < 1.29 is 22.4 Å². The Morgan fingerprint density at radius 3 is 2.71 bits per heavy atom. The van der Waals surface area contributed by atoms with Crippen LogP contribution in [0.4, 0.5) is 14.6 Å². The average molecular weight is 317 g/mol. The van der Waals surface area contributed by atoms with E-state index in [0.717, 1.165) is 12.3 Å². The third-order valence-corrected chi connectivity index (χ3v) is 3.81. The van der Waals surface area contributed by atoms with Gasteiger partial charge in [0, 0.05) is 0 Å². The highest BCUT2D eigenvalue weighted by atomic mass is 32.2. The van der Waals surface area contributed by atoms with Gasteiger partial charge in [0.05, 0.1) is 16.7 Å². The topological polar surface area (TPSA) is 133 Å². The van der Waals surface area contributed by atoms with Crippen LogP contribution in [0.25, 0.3) is 0 Å². The first-order valence-corrected chi connectivity index (χ1v) is 6.82. The standard InChI is InChI=1S/C10H9F2N5O3S/c11-7-2-1-5(3-8(7)12)21(19,20)17-10-6(4-14-15-10)9(13)16-18/h1-4,18H,(H2,13,16)(H2,14,15,17). The predicted octanol–water partition coefficient (Wildman–Crippen LogP) is 0.583. The molecular weight excluding hydrogens is 308 g/mol. The lowest BCUT2D eigenvalue weighted by Gasteiger charge is -2.08. The smallest absolute Gasteiger partial charge is 0.263 e. The predicted molar refractivity (Wildman–Crippen MR) is 68.3 cm³/mol. The molecule has 0 aliphatic carbocycles. The summed E-state index contributed by atoms with van der Waals surface area (Å²) in [6.07, 6.45) is 1.12. The molecule has 2 rings (SSSR count). The molecule has 8 nitrogen and oxygen atoms in total. The number of nitrogens with one attached hydrogen (secondary N) is 2. The minimum absolute atomic E-state index is 0.0105. The summed E-state index contributed by atoms with van der Waals surface area (Å²) in [5.74, 6) is -3.05. The Labute approximate surface area is 117 Å². The van der Waals surface area contributed by atoms with Gasteiger partial charge >= 0.3 is 0 Å². The zero-order valence-corrected chi connectivity index (χ0v) is 11.0. The Hall–Kier alpha value is -2.69. The summed E-state index contributed by atoms with van der Waals surface area (Å²) in [5.41, 5.74) is 5.33. The van der Waals surface area contributed by atoms with Crippen molar-refractivity contribution in [3.63, 3.8) is 0 Å². The highest BCUT2D eigenvalue weighted by molar-refractivity contribution is 7.92. The second-order valence-electron chi connectivity index (χ2n) is 3.83. The minimum atomic E-state index is -4.21. The fraction of sp³-hybridized carbons (Fsp3) is 0. The molecule has 0 fully saturated rings. The molecule has 2 aromatic rings. The molecule has 0 aliphatic rings. The van der Waals surface area contributed by atoms with Crippen LogP contribution >= 0.6 is 0 Å². The van der Waals surface area contributed by atoms with Crippen LogP contribution in [0.15, 0.2) is 34.4 Å². The summed E-state index contributed by atoms with van der Waals surface area (Å²) in [7, 11) is -4.21. The largest absolute Gasteiger partial charge is 0.409 e. The maximum atomic E-state index is 13.1. The number of nitrogens with zero attached hydrogens (tertiary/aromatic N) is 2. The molecule has 1 aromatic carbocycles. The maximum absolute atomic E-state index is 13.1. The summed E-state index contributed by atoms with van der Waals surface area (Å²) in [6.45, 7) is 0. The van der Waals surface area contributed by atoms with Crippen molar-refractivity contribution in [2.75, 3.05) is 4.72 Å². The molecule has 11 heteroatoms. The van der Waals surface area contributed by atoms with Gasteiger partial charge in [-0.1, -0.05) is 5.16 Å². The molecule has 0 unspecified atom stereocenters. The monoisotopic (exact) mass is 317 g/mol. The number of H-pyrrole nitrogens is 1. The molecule has 21 heavy (non-hydrogen) atoms. The maximum Gasteiger partial charge on any atom is 0.263 e. The average Bonchev–Trinajstić information content (AvgIpc) is 2.88. The zero-order valence-electron chi connectivity index (χ0n) is 10.2. The van der Waals surface area contributed by atoms with E-state index in [0.29, 0.717) is 12.1 Å². The molecule has 1 aromatic heterocycles. The summed E-state index contributed by atoms with van der Waals surface area (Å²) < 4.78 is 52.0. The van der Waals surface area contributed by atoms with E-state index in [1.807, 2.05) is 4.72 Å². The molecular formula is C10H9F2N5O3S. The number of nitrogens with two attached hydrogens (primary N) is 1. The summed E-state index contributed by atoms with van der Waals surface area (Å²) in [6, 6.07) is 2.10. The molecule has 0 amide bonds. The van der Waals surface area contributed by atoms with Gasteiger partial charge in [-0.15, -0.1) is 0 Å². The SMILES string of the molecule is NC(=NO)c1cn[nH]c1NS(=O)(=O)c1ccc(F)c(F)c1. The van der Waals surface area contributed by atoms with Crippen LogP contribution in [0.2, 0.25) is 0 Å². The number of rotatable bonds is 4. The van der Waals surface area contributed by atoms with Gasteiger partial charge in [0.15, 0.2) is 17.5 Å². The number of hydrogen-bond donors (Lipinski definition) is 4. The molecule has 5 N–H and O–H groups in total. The number of sulfonamides is 1. The van der Waals surface area contributed by atoms with E-state index in [-0.39, 0.29) is 17.2 Å². The van der Waals surface area contributed by atoms with Gasteiger partial charge in [-0.25, -0.2) is 17.2 Å². The van der Waals surface area contributed by atoms with Crippen LogP contribution in [0.3, 0.4) is 0 Å². The number of halogens is 2. The number of benzene rings is 1. The van der Waals surface area contributed by atoms with E-state index >= 15 is 0 Å². The van der Waals surface area contributed by atoms with E-state index in [1.54, 1.807) is 0 Å². The Kier molecular flexibility index (Phi) is 3.76. The van der Waals surface area contributed by atoms with E-state index in [4.69, 9.17) is 10.9 Å². The van der Waals surface area contributed by atoms with Gasteiger partial charge in [0.1, 0.15) is 5.82 Å². The van der Waals surface area contributed by atoms with Gasteiger partial charge in [-0.05, 0) is 18.2 Å². The van der Waals surface area contributed by atoms with Crippen molar-refractivity contribution in [2.45, 2.75) is 4.90 Å². The second-order valence-corrected chi connectivity index (χ2v) is 5.51. The molecule has 0 saturated carbocycles. The van der Waals surface area contributed by atoms with Gasteiger partial charge < -0.3 is 10.9 Å². The van der Waals surface area contributed by atoms with Crippen LogP contribution in [-0.4, -0.2) is 29.7 Å². The van der Waals surface area contributed by atoms with Crippen molar-refractivity contribution in [3.8, 4) is 0 Å². The fourth-order valence-corrected chi connectivity index (χ4v) is 2.50. The number of oxime groups is 1. The van der Waals surface area contributed by atoms with Crippen LogP contribution in [0.1, 0.15) is 5.56 Å². The molecule has 1 heterocycles. The van der Waals surface area contributed by atoms with Crippen LogP contribution in [-0.2, 0) is 10.0 Å². The number of amidine groups is 1. The van der Waals surface area contributed by atoms with Crippen LogP contribution in [0, 0.1) is 11.6 Å². The number of hydrogen-bond acceptors (Lipinski definition) is 5. The Morgan fingerprint density at radius 2 is 2.10 bits per heavy atom.